The molecule has 1 heterocycles. The first-order valence-corrected chi connectivity index (χ1v) is 5.21. The van der Waals surface area contributed by atoms with Crippen LogP contribution in [0, 0.1) is 6.92 Å². The van der Waals surface area contributed by atoms with Gasteiger partial charge in [-0.05, 0) is 19.1 Å². The van der Waals surface area contributed by atoms with Crippen molar-refractivity contribution in [2.75, 3.05) is 7.11 Å². The molecular formula is C12H18N2O. The third kappa shape index (κ3) is 2.98. The molecule has 1 aromatic carbocycles. The van der Waals surface area contributed by atoms with Crippen molar-refractivity contribution >= 4 is 11.0 Å². The van der Waals surface area contributed by atoms with Gasteiger partial charge in [0.05, 0.1) is 18.1 Å². The van der Waals surface area contributed by atoms with E-state index in [1.807, 2.05) is 25.1 Å². The predicted molar refractivity (Wildman–Crippen MR) is 63.3 cm³/mol. The molecule has 1 aromatic heterocycles. The molecule has 82 valence electrons. The van der Waals surface area contributed by atoms with Gasteiger partial charge in [-0.15, -0.1) is 0 Å². The van der Waals surface area contributed by atoms with Crippen LogP contribution in [0.1, 0.15) is 26.1 Å². The van der Waals surface area contributed by atoms with Crippen molar-refractivity contribution in [2.45, 2.75) is 27.2 Å². The van der Waals surface area contributed by atoms with E-state index >= 15 is 0 Å². The van der Waals surface area contributed by atoms with Gasteiger partial charge in [0.1, 0.15) is 11.6 Å². The first kappa shape index (κ1) is 11.6. The molecule has 0 fully saturated rings. The van der Waals surface area contributed by atoms with Crippen LogP contribution in [0.2, 0.25) is 0 Å². The van der Waals surface area contributed by atoms with Crippen molar-refractivity contribution in [3.63, 3.8) is 0 Å². The van der Waals surface area contributed by atoms with Crippen LogP contribution in [-0.4, -0.2) is 17.1 Å². The van der Waals surface area contributed by atoms with Crippen LogP contribution in [0.25, 0.3) is 11.0 Å². The van der Waals surface area contributed by atoms with E-state index < -0.39 is 0 Å². The van der Waals surface area contributed by atoms with Crippen LogP contribution in [0.15, 0.2) is 18.2 Å². The van der Waals surface area contributed by atoms with E-state index in [-0.39, 0.29) is 0 Å². The number of nitrogens with zero attached hydrogens (tertiary/aromatic N) is 1. The fraction of sp³-hybridized carbons (Fsp3) is 0.417. The number of H-pyrrole nitrogens is 1. The molecule has 3 nitrogen and oxygen atoms in total. The van der Waals surface area contributed by atoms with Gasteiger partial charge in [0.25, 0.3) is 0 Å². The molecule has 0 saturated carbocycles. The molecule has 1 N–H and O–H groups in total. The molecule has 0 saturated heterocycles. The second-order valence-electron chi connectivity index (χ2n) is 3.41. The first-order valence-electron chi connectivity index (χ1n) is 5.21. The van der Waals surface area contributed by atoms with E-state index in [2.05, 4.69) is 23.8 Å². The number of methoxy groups -OCH3 is 1. The van der Waals surface area contributed by atoms with E-state index in [0.29, 0.717) is 0 Å². The average Bonchev–Trinajstić information content (AvgIpc) is 2.57. The summed E-state index contributed by atoms with van der Waals surface area (Å²) in [5.41, 5.74) is 2.00. The third-order valence-corrected chi connectivity index (χ3v) is 1.81. The molecule has 0 radical (unpaired) electrons. The first-order chi connectivity index (χ1) is 7.21. The second-order valence-corrected chi connectivity index (χ2v) is 3.41. The number of nitrogens with one attached hydrogen (secondary N) is 1. The molecule has 0 aliphatic carbocycles. The molecule has 3 heteroatoms. The molecule has 0 amide bonds. The highest BCUT2D eigenvalue weighted by Gasteiger charge is 1.99. The zero-order chi connectivity index (χ0) is 11.3. The molecule has 0 aliphatic rings. The van der Waals surface area contributed by atoms with Gasteiger partial charge in [0.15, 0.2) is 0 Å². The summed E-state index contributed by atoms with van der Waals surface area (Å²) in [4.78, 5) is 7.42. The van der Waals surface area contributed by atoms with Crippen LogP contribution < -0.4 is 4.74 Å². The number of ether oxygens (including phenoxy) is 1. The summed E-state index contributed by atoms with van der Waals surface area (Å²) in [6.07, 6.45) is 1.25. The largest absolute Gasteiger partial charge is 0.497 e. The number of benzene rings is 1. The Balaban J connectivity index is 0.000000337. The van der Waals surface area contributed by atoms with Crippen LogP contribution in [0.5, 0.6) is 5.75 Å². The number of aromatic nitrogens is 2. The van der Waals surface area contributed by atoms with Gasteiger partial charge in [-0.25, -0.2) is 4.98 Å². The van der Waals surface area contributed by atoms with E-state index in [0.717, 1.165) is 22.6 Å². The zero-order valence-electron chi connectivity index (χ0n) is 9.79. The summed E-state index contributed by atoms with van der Waals surface area (Å²) < 4.78 is 5.08. The number of rotatable bonds is 1. The Bertz CT molecular complexity index is 420. The molecule has 0 atom stereocenters. The lowest BCUT2D eigenvalue weighted by Crippen LogP contribution is -1.81. The molecule has 15 heavy (non-hydrogen) atoms. The van der Waals surface area contributed by atoms with Crippen molar-refractivity contribution in [1.82, 2.24) is 9.97 Å². The number of imidazole rings is 1. The zero-order valence-corrected chi connectivity index (χ0v) is 9.79. The van der Waals surface area contributed by atoms with Gasteiger partial charge in [0.2, 0.25) is 0 Å². The maximum absolute atomic E-state index is 5.08. The lowest BCUT2D eigenvalue weighted by molar-refractivity contribution is 0.415. The monoisotopic (exact) mass is 206 g/mol. The lowest BCUT2D eigenvalue weighted by Gasteiger charge is -1.96. The average molecular weight is 206 g/mol. The highest BCUT2D eigenvalue weighted by atomic mass is 16.5. The van der Waals surface area contributed by atoms with Gasteiger partial charge in [-0.1, -0.05) is 20.3 Å². The number of aromatic amines is 1. The summed E-state index contributed by atoms with van der Waals surface area (Å²) in [5.74, 6) is 1.78. The Labute approximate surface area is 90.5 Å². The molecule has 0 bridgehead atoms. The summed E-state index contributed by atoms with van der Waals surface area (Å²) in [6, 6.07) is 5.79. The van der Waals surface area contributed by atoms with Crippen molar-refractivity contribution in [3.8, 4) is 5.75 Å². The minimum Gasteiger partial charge on any atom is -0.497 e. The Morgan fingerprint density at radius 3 is 2.60 bits per heavy atom. The van der Waals surface area contributed by atoms with Crippen molar-refractivity contribution in [1.29, 1.82) is 0 Å². The molecule has 2 rings (SSSR count). The molecule has 2 aromatic rings. The fourth-order valence-corrected chi connectivity index (χ4v) is 1.24. The normalized spacial score (nSPS) is 9.60. The highest BCUT2D eigenvalue weighted by Crippen LogP contribution is 2.17. The smallest absolute Gasteiger partial charge is 0.121 e. The van der Waals surface area contributed by atoms with Crippen LogP contribution in [-0.2, 0) is 0 Å². The van der Waals surface area contributed by atoms with Crippen LogP contribution in [0.4, 0.5) is 0 Å². The molecule has 0 aliphatic heterocycles. The minimum atomic E-state index is 0.853. The van der Waals surface area contributed by atoms with Gasteiger partial charge in [-0.3, -0.25) is 0 Å². The Hall–Kier alpha value is -1.51. The number of hydrogen-bond acceptors (Lipinski definition) is 2. The van der Waals surface area contributed by atoms with Crippen molar-refractivity contribution < 1.29 is 4.74 Å². The summed E-state index contributed by atoms with van der Waals surface area (Å²) in [7, 11) is 1.66. The maximum atomic E-state index is 5.08. The molecule has 0 spiro atoms. The standard InChI is InChI=1S/C9H10N2O.C3H8/c1-6-10-8-4-3-7(12-2)5-9(8)11-6;1-3-2/h3-5H,1-2H3,(H,10,11);3H2,1-2H3. The number of fused-ring (bicyclic) bond motifs is 1. The van der Waals surface area contributed by atoms with Gasteiger partial charge < -0.3 is 9.72 Å². The lowest BCUT2D eigenvalue weighted by atomic mass is 10.3. The van der Waals surface area contributed by atoms with E-state index in [9.17, 15) is 0 Å². The summed E-state index contributed by atoms with van der Waals surface area (Å²) >= 11 is 0. The Morgan fingerprint density at radius 2 is 2.00 bits per heavy atom. The SMILES string of the molecule is CCC.COc1ccc2nc(C)[nH]c2c1. The maximum Gasteiger partial charge on any atom is 0.121 e. The Morgan fingerprint density at radius 1 is 1.33 bits per heavy atom. The Kier molecular flexibility index (Phi) is 4.16. The highest BCUT2D eigenvalue weighted by molar-refractivity contribution is 5.76. The van der Waals surface area contributed by atoms with Gasteiger partial charge in [-0.2, -0.15) is 0 Å². The van der Waals surface area contributed by atoms with Crippen molar-refractivity contribution in [2.24, 2.45) is 0 Å². The third-order valence-electron chi connectivity index (χ3n) is 1.81. The minimum absolute atomic E-state index is 0.853. The number of hydrogen-bond donors (Lipinski definition) is 1. The number of aryl methyl sites for hydroxylation is 1. The topological polar surface area (TPSA) is 37.9 Å². The van der Waals surface area contributed by atoms with E-state index in [4.69, 9.17) is 4.74 Å². The second kappa shape index (κ2) is 5.39. The molecule has 0 unspecified atom stereocenters. The van der Waals surface area contributed by atoms with Crippen molar-refractivity contribution in [3.05, 3.63) is 24.0 Å². The van der Waals surface area contributed by atoms with E-state index in [1.165, 1.54) is 6.42 Å². The summed E-state index contributed by atoms with van der Waals surface area (Å²) in [6.45, 7) is 6.19. The van der Waals surface area contributed by atoms with E-state index in [1.54, 1.807) is 7.11 Å². The molecular weight excluding hydrogens is 188 g/mol. The van der Waals surface area contributed by atoms with Crippen LogP contribution in [0.3, 0.4) is 0 Å². The van der Waals surface area contributed by atoms with Gasteiger partial charge in [0, 0.05) is 6.07 Å². The quantitative estimate of drug-likeness (QED) is 0.777. The fourth-order valence-electron chi connectivity index (χ4n) is 1.24. The van der Waals surface area contributed by atoms with Crippen LogP contribution >= 0.6 is 0 Å². The predicted octanol–water partition coefficient (Wildman–Crippen LogP) is 3.30. The summed E-state index contributed by atoms with van der Waals surface area (Å²) in [5, 5.41) is 0. The van der Waals surface area contributed by atoms with Gasteiger partial charge >= 0.3 is 0 Å².